The van der Waals surface area contributed by atoms with Gasteiger partial charge in [-0.2, -0.15) is 5.26 Å². The van der Waals surface area contributed by atoms with Gasteiger partial charge < -0.3 is 11.1 Å². The van der Waals surface area contributed by atoms with Gasteiger partial charge in [-0.1, -0.05) is 25.5 Å². The van der Waals surface area contributed by atoms with Crippen LogP contribution in [0.25, 0.3) is 0 Å². The topological polar surface area (TPSA) is 74.7 Å². The molecule has 2 rings (SSSR count). The Bertz CT molecular complexity index is 597. The normalized spacial score (nSPS) is 9.89. The molecule has 19 heavy (non-hydrogen) atoms. The summed E-state index contributed by atoms with van der Waals surface area (Å²) in [6.07, 6.45) is 3.72. The first-order chi connectivity index (χ1) is 9.22. The first-order valence-corrected chi connectivity index (χ1v) is 6.24. The molecule has 0 bridgehead atoms. The molecule has 3 N–H and O–H groups in total. The average molecular weight is 252 g/mol. The van der Waals surface area contributed by atoms with Crippen LogP contribution in [0.3, 0.4) is 0 Å². The van der Waals surface area contributed by atoms with Crippen LogP contribution < -0.4 is 11.1 Å². The fourth-order valence-corrected chi connectivity index (χ4v) is 1.83. The van der Waals surface area contributed by atoms with Gasteiger partial charge in [-0.05, 0) is 30.2 Å². The van der Waals surface area contributed by atoms with E-state index in [4.69, 9.17) is 11.0 Å². The van der Waals surface area contributed by atoms with E-state index in [1.807, 2.05) is 18.2 Å². The lowest BCUT2D eigenvalue weighted by Crippen LogP contribution is -1.99. The fraction of sp³-hybridized carbons (Fsp3) is 0.200. The quantitative estimate of drug-likeness (QED) is 0.876. The zero-order valence-corrected chi connectivity index (χ0v) is 10.9. The monoisotopic (exact) mass is 252 g/mol. The lowest BCUT2D eigenvalue weighted by molar-refractivity contribution is 0.922. The molecule has 96 valence electrons. The van der Waals surface area contributed by atoms with Crippen LogP contribution >= 0.6 is 0 Å². The van der Waals surface area contributed by atoms with E-state index in [1.165, 1.54) is 11.8 Å². The Morgan fingerprint density at radius 2 is 2.05 bits per heavy atom. The van der Waals surface area contributed by atoms with Gasteiger partial charge in [0.05, 0.1) is 11.3 Å². The fourth-order valence-electron chi connectivity index (χ4n) is 1.83. The molecule has 4 heteroatoms. The highest BCUT2D eigenvalue weighted by molar-refractivity contribution is 5.69. The minimum atomic E-state index is 0.460. The van der Waals surface area contributed by atoms with Crippen LogP contribution in [0.5, 0.6) is 0 Å². The minimum Gasteiger partial charge on any atom is -0.396 e. The molecule has 0 aliphatic carbocycles. The van der Waals surface area contributed by atoms with Gasteiger partial charge in [0, 0.05) is 11.9 Å². The number of hydrogen-bond donors (Lipinski definition) is 2. The van der Waals surface area contributed by atoms with Crippen LogP contribution in [-0.2, 0) is 6.42 Å². The number of nitriles is 1. The van der Waals surface area contributed by atoms with Crippen molar-refractivity contribution in [1.82, 2.24) is 4.98 Å². The van der Waals surface area contributed by atoms with Crippen LogP contribution in [0.1, 0.15) is 24.5 Å². The molecule has 4 nitrogen and oxygen atoms in total. The third-order valence-corrected chi connectivity index (χ3v) is 2.80. The molecular formula is C15H16N4. The molecule has 1 aromatic heterocycles. The standard InChI is InChI=1S/C15H16N4/c1-2-3-11-4-6-13(7-5-11)19-15-14(17)8-12(9-16)10-18-15/h4-8,10H,2-3,17H2,1H3,(H,18,19). The Hall–Kier alpha value is -2.54. The Morgan fingerprint density at radius 3 is 2.63 bits per heavy atom. The second-order valence-corrected chi connectivity index (χ2v) is 4.35. The molecule has 0 unspecified atom stereocenters. The number of rotatable bonds is 4. The molecule has 0 aliphatic rings. The summed E-state index contributed by atoms with van der Waals surface area (Å²) in [6.45, 7) is 2.16. The van der Waals surface area contributed by atoms with Crippen LogP contribution in [0.4, 0.5) is 17.2 Å². The van der Waals surface area contributed by atoms with Crippen molar-refractivity contribution in [2.45, 2.75) is 19.8 Å². The number of nitrogen functional groups attached to an aromatic ring is 1. The molecule has 2 aromatic rings. The summed E-state index contributed by atoms with van der Waals surface area (Å²) in [5, 5.41) is 11.9. The summed E-state index contributed by atoms with van der Waals surface area (Å²) in [5.74, 6) is 0.572. The first kappa shape index (κ1) is 12.9. The van der Waals surface area contributed by atoms with Crippen LogP contribution in [0.15, 0.2) is 36.5 Å². The van der Waals surface area contributed by atoms with Gasteiger partial charge in [0.1, 0.15) is 6.07 Å². The summed E-state index contributed by atoms with van der Waals surface area (Å²) in [7, 11) is 0. The Kier molecular flexibility index (Phi) is 3.99. The number of nitrogens with zero attached hydrogens (tertiary/aromatic N) is 2. The zero-order valence-electron chi connectivity index (χ0n) is 10.9. The van der Waals surface area contributed by atoms with Crippen LogP contribution in [0.2, 0.25) is 0 Å². The van der Waals surface area contributed by atoms with Crippen molar-refractivity contribution in [3.8, 4) is 6.07 Å². The summed E-state index contributed by atoms with van der Waals surface area (Å²) in [6, 6.07) is 11.8. The number of pyridine rings is 1. The molecule has 0 atom stereocenters. The summed E-state index contributed by atoms with van der Waals surface area (Å²) < 4.78 is 0. The van der Waals surface area contributed by atoms with Crippen molar-refractivity contribution < 1.29 is 0 Å². The predicted octanol–water partition coefficient (Wildman–Crippen LogP) is 3.23. The van der Waals surface area contributed by atoms with E-state index in [1.54, 1.807) is 6.07 Å². The first-order valence-electron chi connectivity index (χ1n) is 6.24. The van der Waals surface area contributed by atoms with Crippen molar-refractivity contribution in [2.75, 3.05) is 11.1 Å². The second-order valence-electron chi connectivity index (χ2n) is 4.35. The second kappa shape index (κ2) is 5.87. The molecule has 0 amide bonds. The number of aryl methyl sites for hydroxylation is 1. The maximum atomic E-state index is 8.76. The Balaban J connectivity index is 2.15. The summed E-state index contributed by atoms with van der Waals surface area (Å²) in [4.78, 5) is 4.14. The number of nitrogens with two attached hydrogens (primary N) is 1. The van der Waals surface area contributed by atoms with E-state index >= 15 is 0 Å². The molecule has 0 aliphatic heterocycles. The van der Waals surface area contributed by atoms with Crippen LogP contribution in [-0.4, -0.2) is 4.98 Å². The van der Waals surface area contributed by atoms with Crippen molar-refractivity contribution in [3.05, 3.63) is 47.7 Å². The SMILES string of the molecule is CCCc1ccc(Nc2ncc(C#N)cc2N)cc1. The van der Waals surface area contributed by atoms with E-state index in [0.717, 1.165) is 18.5 Å². The highest BCUT2D eigenvalue weighted by atomic mass is 15.0. The third kappa shape index (κ3) is 3.23. The maximum absolute atomic E-state index is 8.76. The Labute approximate surface area is 112 Å². The number of benzene rings is 1. The number of aromatic nitrogens is 1. The van der Waals surface area contributed by atoms with Gasteiger partial charge in [0.2, 0.25) is 0 Å². The zero-order chi connectivity index (χ0) is 13.7. The number of nitrogens with one attached hydrogen (secondary N) is 1. The van der Waals surface area contributed by atoms with Gasteiger partial charge in [0.25, 0.3) is 0 Å². The van der Waals surface area contributed by atoms with Gasteiger partial charge in [-0.25, -0.2) is 4.98 Å². The highest BCUT2D eigenvalue weighted by Gasteiger charge is 2.03. The largest absolute Gasteiger partial charge is 0.396 e. The molecule has 1 aromatic carbocycles. The van der Waals surface area contributed by atoms with Crippen LogP contribution in [0, 0.1) is 11.3 Å². The Morgan fingerprint density at radius 1 is 1.32 bits per heavy atom. The number of hydrogen-bond acceptors (Lipinski definition) is 4. The van der Waals surface area contributed by atoms with Gasteiger partial charge in [-0.15, -0.1) is 0 Å². The van der Waals surface area contributed by atoms with E-state index in [0.29, 0.717) is 17.1 Å². The van der Waals surface area contributed by atoms with E-state index in [2.05, 4.69) is 29.4 Å². The maximum Gasteiger partial charge on any atom is 0.153 e. The predicted molar refractivity (Wildman–Crippen MR) is 77.1 cm³/mol. The van der Waals surface area contributed by atoms with Gasteiger partial charge in [-0.3, -0.25) is 0 Å². The van der Waals surface area contributed by atoms with Gasteiger partial charge >= 0.3 is 0 Å². The molecule has 0 saturated heterocycles. The summed E-state index contributed by atoms with van der Waals surface area (Å²) in [5.41, 5.74) is 9.02. The van der Waals surface area contributed by atoms with E-state index < -0.39 is 0 Å². The average Bonchev–Trinajstić information content (AvgIpc) is 2.43. The lowest BCUT2D eigenvalue weighted by atomic mass is 10.1. The molecule has 0 saturated carbocycles. The molecular weight excluding hydrogens is 236 g/mol. The van der Waals surface area contributed by atoms with Crippen molar-refractivity contribution in [3.63, 3.8) is 0 Å². The highest BCUT2D eigenvalue weighted by Crippen LogP contribution is 2.21. The number of anilines is 3. The smallest absolute Gasteiger partial charge is 0.153 e. The molecule has 0 fully saturated rings. The van der Waals surface area contributed by atoms with E-state index in [-0.39, 0.29) is 0 Å². The van der Waals surface area contributed by atoms with Gasteiger partial charge in [0.15, 0.2) is 5.82 Å². The lowest BCUT2D eigenvalue weighted by Gasteiger charge is -2.09. The molecule has 1 heterocycles. The summed E-state index contributed by atoms with van der Waals surface area (Å²) >= 11 is 0. The minimum absolute atomic E-state index is 0.460. The van der Waals surface area contributed by atoms with E-state index in [9.17, 15) is 0 Å². The van der Waals surface area contributed by atoms with Crippen molar-refractivity contribution in [1.29, 1.82) is 5.26 Å². The molecule has 0 radical (unpaired) electrons. The van der Waals surface area contributed by atoms with Crippen molar-refractivity contribution in [2.24, 2.45) is 0 Å². The third-order valence-electron chi connectivity index (χ3n) is 2.80. The van der Waals surface area contributed by atoms with Crippen molar-refractivity contribution >= 4 is 17.2 Å². The molecule has 0 spiro atoms.